The molecule has 0 saturated heterocycles. The highest BCUT2D eigenvalue weighted by atomic mass is 16.5. The summed E-state index contributed by atoms with van der Waals surface area (Å²) in [5.74, 6) is 0.779. The van der Waals surface area contributed by atoms with E-state index in [2.05, 4.69) is 0 Å². The minimum Gasteiger partial charge on any atom is -0.508 e. The van der Waals surface area contributed by atoms with Gasteiger partial charge in [-0.2, -0.15) is 0 Å². The lowest BCUT2D eigenvalue weighted by molar-refractivity contribution is -0.120. The van der Waals surface area contributed by atoms with E-state index in [-0.39, 0.29) is 11.7 Å². The van der Waals surface area contributed by atoms with Crippen molar-refractivity contribution in [2.75, 3.05) is 0 Å². The van der Waals surface area contributed by atoms with Crippen LogP contribution in [0.1, 0.15) is 25.3 Å². The molecule has 0 saturated carbocycles. The van der Waals surface area contributed by atoms with Gasteiger partial charge in [0.05, 0.1) is 0 Å². The Labute approximate surface area is 77.0 Å². The van der Waals surface area contributed by atoms with Gasteiger partial charge in [0, 0.05) is 6.07 Å². The highest BCUT2D eigenvalue weighted by molar-refractivity contribution is 5.50. The van der Waals surface area contributed by atoms with Gasteiger partial charge < -0.3 is 9.84 Å². The summed E-state index contributed by atoms with van der Waals surface area (Å²) in [6.45, 7) is 4.34. The van der Waals surface area contributed by atoms with Gasteiger partial charge in [0.2, 0.25) is 0 Å². The molecule has 0 aliphatic carbocycles. The number of ether oxygens (including phenoxy) is 1. The van der Waals surface area contributed by atoms with Gasteiger partial charge in [-0.05, 0) is 17.5 Å². The van der Waals surface area contributed by atoms with Crippen LogP contribution in [0.3, 0.4) is 0 Å². The maximum Gasteiger partial charge on any atom is 0.298 e. The Hall–Kier alpha value is -1.51. The number of aromatic hydroxyl groups is 1. The summed E-state index contributed by atoms with van der Waals surface area (Å²) in [7, 11) is 0. The van der Waals surface area contributed by atoms with Crippen LogP contribution in [-0.4, -0.2) is 11.6 Å². The Kier molecular flexibility index (Phi) is 2.90. The third-order valence-electron chi connectivity index (χ3n) is 1.79. The van der Waals surface area contributed by atoms with Gasteiger partial charge in [0.25, 0.3) is 6.47 Å². The summed E-state index contributed by atoms with van der Waals surface area (Å²) >= 11 is 0. The number of hydrogen-bond donors (Lipinski definition) is 1. The Morgan fingerprint density at radius 1 is 1.46 bits per heavy atom. The first-order valence-electron chi connectivity index (χ1n) is 4.08. The van der Waals surface area contributed by atoms with E-state index < -0.39 is 0 Å². The van der Waals surface area contributed by atoms with Crippen molar-refractivity contribution < 1.29 is 14.6 Å². The average Bonchev–Trinajstić information content (AvgIpc) is 2.04. The molecule has 0 atom stereocenters. The van der Waals surface area contributed by atoms with Crippen LogP contribution in [0.5, 0.6) is 11.5 Å². The molecule has 70 valence electrons. The van der Waals surface area contributed by atoms with Crippen LogP contribution in [-0.2, 0) is 4.79 Å². The van der Waals surface area contributed by atoms with Crippen molar-refractivity contribution in [1.29, 1.82) is 0 Å². The second kappa shape index (κ2) is 3.94. The first kappa shape index (κ1) is 9.58. The molecule has 13 heavy (non-hydrogen) atoms. The summed E-state index contributed by atoms with van der Waals surface area (Å²) in [5.41, 5.74) is 0.907. The van der Waals surface area contributed by atoms with Gasteiger partial charge in [-0.1, -0.05) is 19.9 Å². The number of benzene rings is 1. The summed E-state index contributed by atoms with van der Waals surface area (Å²) < 4.78 is 4.74. The molecule has 0 fully saturated rings. The largest absolute Gasteiger partial charge is 0.508 e. The van der Waals surface area contributed by atoms with Gasteiger partial charge in [-0.25, -0.2) is 0 Å². The van der Waals surface area contributed by atoms with E-state index in [4.69, 9.17) is 9.84 Å². The Balaban J connectivity index is 3.10. The molecule has 0 bridgehead atoms. The fourth-order valence-corrected chi connectivity index (χ4v) is 1.15. The lowest BCUT2D eigenvalue weighted by Crippen LogP contribution is -1.96. The molecule has 1 aromatic rings. The molecule has 0 radical (unpaired) electrons. The lowest BCUT2D eigenvalue weighted by Gasteiger charge is -2.10. The lowest BCUT2D eigenvalue weighted by atomic mass is 10.0. The standard InChI is InChI=1S/C10H12O3/c1-7(2)9-4-3-8(12)5-10(9)13-6-11/h3-7,12H,1-2H3. The van der Waals surface area contributed by atoms with Gasteiger partial charge in [0.1, 0.15) is 11.5 Å². The number of carbonyl (C=O) groups excluding carboxylic acids is 1. The number of carbonyl (C=O) groups is 1. The number of phenolic OH excluding ortho intramolecular Hbond substituents is 1. The molecule has 3 heteroatoms. The minimum absolute atomic E-state index is 0.0984. The molecule has 0 amide bonds. The van der Waals surface area contributed by atoms with Crippen LogP contribution in [0.2, 0.25) is 0 Å². The second-order valence-electron chi connectivity index (χ2n) is 3.09. The van der Waals surface area contributed by atoms with Gasteiger partial charge >= 0.3 is 0 Å². The summed E-state index contributed by atoms with van der Waals surface area (Å²) in [6.07, 6.45) is 0. The van der Waals surface area contributed by atoms with Crippen molar-refractivity contribution in [2.24, 2.45) is 0 Å². The van der Waals surface area contributed by atoms with Gasteiger partial charge in [-0.3, -0.25) is 4.79 Å². The van der Waals surface area contributed by atoms with E-state index in [1.165, 1.54) is 6.07 Å². The molecule has 0 aromatic heterocycles. The monoisotopic (exact) mass is 180 g/mol. The fourth-order valence-electron chi connectivity index (χ4n) is 1.15. The number of rotatable bonds is 3. The van der Waals surface area contributed by atoms with Crippen LogP contribution in [0.15, 0.2) is 18.2 Å². The SMILES string of the molecule is CC(C)c1ccc(O)cc1OC=O. The third-order valence-corrected chi connectivity index (χ3v) is 1.79. The summed E-state index contributed by atoms with van der Waals surface area (Å²) in [6, 6.07) is 4.76. The molecule has 0 heterocycles. The third kappa shape index (κ3) is 2.21. The van der Waals surface area contributed by atoms with Crippen LogP contribution in [0.4, 0.5) is 0 Å². The predicted octanol–water partition coefficient (Wildman–Crippen LogP) is 2.05. The highest BCUT2D eigenvalue weighted by Gasteiger charge is 2.08. The van der Waals surface area contributed by atoms with Crippen LogP contribution in [0.25, 0.3) is 0 Å². The molecule has 0 unspecified atom stereocenters. The quantitative estimate of drug-likeness (QED) is 0.724. The van der Waals surface area contributed by atoms with Gasteiger partial charge in [0.15, 0.2) is 0 Å². The first-order chi connectivity index (χ1) is 6.15. The maximum atomic E-state index is 10.2. The van der Waals surface area contributed by atoms with Gasteiger partial charge in [-0.15, -0.1) is 0 Å². The zero-order valence-corrected chi connectivity index (χ0v) is 7.65. The molecule has 3 nitrogen and oxygen atoms in total. The summed E-state index contributed by atoms with van der Waals surface area (Å²) in [4.78, 5) is 10.2. The van der Waals surface area contributed by atoms with Crippen molar-refractivity contribution in [3.05, 3.63) is 23.8 Å². The maximum absolute atomic E-state index is 10.2. The first-order valence-corrected chi connectivity index (χ1v) is 4.08. The predicted molar refractivity (Wildman–Crippen MR) is 48.9 cm³/mol. The molecule has 0 aliphatic heterocycles. The van der Waals surface area contributed by atoms with E-state index in [1.807, 2.05) is 13.8 Å². The zero-order chi connectivity index (χ0) is 9.84. The molecular formula is C10H12O3. The molecule has 0 spiro atoms. The Bertz CT molecular complexity index is 305. The van der Waals surface area contributed by atoms with E-state index in [0.717, 1.165) is 5.56 Å². The number of phenols is 1. The molecule has 0 aliphatic rings. The Morgan fingerprint density at radius 2 is 2.15 bits per heavy atom. The van der Waals surface area contributed by atoms with Crippen molar-refractivity contribution in [1.82, 2.24) is 0 Å². The van der Waals surface area contributed by atoms with Crippen LogP contribution < -0.4 is 4.74 Å². The van der Waals surface area contributed by atoms with Crippen LogP contribution >= 0.6 is 0 Å². The molecular weight excluding hydrogens is 168 g/mol. The molecule has 1 N–H and O–H groups in total. The van der Waals surface area contributed by atoms with E-state index in [9.17, 15) is 4.79 Å². The normalized spacial score (nSPS) is 10.1. The van der Waals surface area contributed by atoms with E-state index in [0.29, 0.717) is 12.2 Å². The Morgan fingerprint density at radius 3 is 2.69 bits per heavy atom. The molecule has 1 aromatic carbocycles. The summed E-state index contributed by atoms with van der Waals surface area (Å²) in [5, 5.41) is 9.15. The van der Waals surface area contributed by atoms with Crippen molar-refractivity contribution in [2.45, 2.75) is 19.8 Å². The van der Waals surface area contributed by atoms with E-state index >= 15 is 0 Å². The number of hydrogen-bond acceptors (Lipinski definition) is 3. The smallest absolute Gasteiger partial charge is 0.298 e. The molecule has 1 rings (SSSR count). The second-order valence-corrected chi connectivity index (χ2v) is 3.09. The highest BCUT2D eigenvalue weighted by Crippen LogP contribution is 2.29. The van der Waals surface area contributed by atoms with E-state index in [1.54, 1.807) is 12.1 Å². The van der Waals surface area contributed by atoms with Crippen molar-refractivity contribution >= 4 is 6.47 Å². The fraction of sp³-hybridized carbons (Fsp3) is 0.300. The minimum atomic E-state index is 0.0984. The van der Waals surface area contributed by atoms with Crippen molar-refractivity contribution in [3.8, 4) is 11.5 Å². The zero-order valence-electron chi connectivity index (χ0n) is 7.65. The van der Waals surface area contributed by atoms with Crippen molar-refractivity contribution in [3.63, 3.8) is 0 Å². The van der Waals surface area contributed by atoms with Crippen LogP contribution in [0, 0.1) is 0 Å². The average molecular weight is 180 g/mol. The topological polar surface area (TPSA) is 46.5 Å².